The first-order valence-corrected chi connectivity index (χ1v) is 6.51. The Labute approximate surface area is 124 Å². The predicted molar refractivity (Wildman–Crippen MR) is 77.8 cm³/mol. The minimum absolute atomic E-state index is 0. The maximum atomic E-state index is 12.7. The van der Waals surface area contributed by atoms with Crippen molar-refractivity contribution in [2.45, 2.75) is 18.9 Å². The molecule has 1 saturated heterocycles. The minimum atomic E-state index is -0.314. The van der Waals surface area contributed by atoms with Gasteiger partial charge >= 0.3 is 0 Å². The maximum Gasteiger partial charge on any atom is 0.260 e. The molecular formula is C14H20ClFN2O2. The molecule has 6 heteroatoms. The first-order chi connectivity index (χ1) is 9.16. The molecule has 0 aliphatic carbocycles. The number of carbonyl (C=O) groups is 1. The zero-order valence-corrected chi connectivity index (χ0v) is 12.3. The van der Waals surface area contributed by atoms with Gasteiger partial charge in [-0.2, -0.15) is 0 Å². The van der Waals surface area contributed by atoms with E-state index in [4.69, 9.17) is 4.74 Å². The summed E-state index contributed by atoms with van der Waals surface area (Å²) in [5.41, 5.74) is 0. The molecule has 0 unspecified atom stereocenters. The highest BCUT2D eigenvalue weighted by molar-refractivity contribution is 5.85. The number of amides is 1. The summed E-state index contributed by atoms with van der Waals surface area (Å²) in [6.07, 6.45) is 1.94. The highest BCUT2D eigenvalue weighted by Gasteiger charge is 2.21. The summed E-state index contributed by atoms with van der Waals surface area (Å²) >= 11 is 0. The average Bonchev–Trinajstić information content (AvgIpc) is 2.46. The van der Waals surface area contributed by atoms with Gasteiger partial charge in [-0.1, -0.05) is 0 Å². The summed E-state index contributed by atoms with van der Waals surface area (Å²) in [6, 6.07) is 5.96. The molecule has 0 bridgehead atoms. The van der Waals surface area contributed by atoms with Crippen molar-refractivity contribution in [3.05, 3.63) is 30.1 Å². The Morgan fingerprint density at radius 1 is 1.35 bits per heavy atom. The normalized spacial score (nSPS) is 15.3. The third-order valence-electron chi connectivity index (χ3n) is 3.43. The lowest BCUT2D eigenvalue weighted by Gasteiger charge is -2.31. The van der Waals surface area contributed by atoms with Crippen LogP contribution in [0.2, 0.25) is 0 Å². The van der Waals surface area contributed by atoms with Gasteiger partial charge in [-0.3, -0.25) is 4.79 Å². The Bertz CT molecular complexity index is 422. The molecular weight excluding hydrogens is 283 g/mol. The number of nitrogens with one attached hydrogen (secondary N) is 1. The second-order valence-electron chi connectivity index (χ2n) is 4.73. The van der Waals surface area contributed by atoms with Crippen molar-refractivity contribution >= 4 is 18.3 Å². The quantitative estimate of drug-likeness (QED) is 0.923. The monoisotopic (exact) mass is 302 g/mol. The van der Waals surface area contributed by atoms with Gasteiger partial charge < -0.3 is 15.0 Å². The van der Waals surface area contributed by atoms with Crippen molar-refractivity contribution in [1.29, 1.82) is 0 Å². The number of likely N-dealkylation sites (N-methyl/N-ethyl adjacent to an activating group) is 1. The third-order valence-corrected chi connectivity index (χ3v) is 3.43. The molecule has 1 aromatic carbocycles. The zero-order valence-electron chi connectivity index (χ0n) is 11.5. The number of carbonyl (C=O) groups excluding carboxylic acids is 1. The van der Waals surface area contributed by atoms with Crippen molar-refractivity contribution in [3.63, 3.8) is 0 Å². The molecule has 4 nitrogen and oxygen atoms in total. The highest BCUT2D eigenvalue weighted by Crippen LogP contribution is 2.13. The van der Waals surface area contributed by atoms with Gasteiger partial charge in [0.2, 0.25) is 0 Å². The van der Waals surface area contributed by atoms with E-state index in [-0.39, 0.29) is 36.8 Å². The SMILES string of the molecule is CN(C(=O)COc1ccc(F)cc1)C1CCNCC1.Cl. The van der Waals surface area contributed by atoms with E-state index < -0.39 is 0 Å². The third kappa shape index (κ3) is 4.65. The standard InChI is InChI=1S/C14H19FN2O2.ClH/c1-17(12-6-8-16-9-7-12)14(18)10-19-13-4-2-11(15)3-5-13;/h2-5,12,16H,6-10H2,1H3;1H. The Balaban J connectivity index is 0.00000200. The Morgan fingerprint density at radius 3 is 2.55 bits per heavy atom. The molecule has 2 rings (SSSR count). The number of hydrogen-bond acceptors (Lipinski definition) is 3. The summed E-state index contributed by atoms with van der Waals surface area (Å²) in [7, 11) is 1.81. The van der Waals surface area contributed by atoms with Crippen LogP contribution in [0, 0.1) is 5.82 Å². The summed E-state index contributed by atoms with van der Waals surface area (Å²) in [5, 5.41) is 3.27. The molecule has 0 atom stereocenters. The van der Waals surface area contributed by atoms with Crippen molar-refractivity contribution in [2.24, 2.45) is 0 Å². The van der Waals surface area contributed by atoms with Crippen molar-refractivity contribution in [1.82, 2.24) is 10.2 Å². The highest BCUT2D eigenvalue weighted by atomic mass is 35.5. The lowest BCUT2D eigenvalue weighted by atomic mass is 10.1. The summed E-state index contributed by atoms with van der Waals surface area (Å²) < 4.78 is 18.1. The van der Waals surface area contributed by atoms with Gasteiger partial charge in [0.1, 0.15) is 11.6 Å². The molecule has 0 saturated carbocycles. The van der Waals surface area contributed by atoms with Crippen molar-refractivity contribution in [2.75, 3.05) is 26.7 Å². The lowest BCUT2D eigenvalue weighted by Crippen LogP contribution is -2.45. The largest absolute Gasteiger partial charge is 0.484 e. The Kier molecular flexibility index (Phi) is 6.75. The van der Waals surface area contributed by atoms with Crippen LogP contribution in [-0.4, -0.2) is 43.6 Å². The fraction of sp³-hybridized carbons (Fsp3) is 0.500. The molecule has 0 radical (unpaired) electrons. The Morgan fingerprint density at radius 2 is 1.95 bits per heavy atom. The van der Waals surface area contributed by atoms with Crippen molar-refractivity contribution in [3.8, 4) is 5.75 Å². The van der Waals surface area contributed by atoms with Crippen LogP contribution >= 0.6 is 12.4 Å². The smallest absolute Gasteiger partial charge is 0.260 e. The number of ether oxygens (including phenoxy) is 1. The van der Waals surface area contributed by atoms with Gasteiger partial charge in [0.25, 0.3) is 5.91 Å². The van der Waals surface area contributed by atoms with Crippen LogP contribution in [0.15, 0.2) is 24.3 Å². The lowest BCUT2D eigenvalue weighted by molar-refractivity contribution is -0.134. The number of piperidine rings is 1. The van der Waals surface area contributed by atoms with E-state index in [2.05, 4.69) is 5.32 Å². The van der Waals surface area contributed by atoms with E-state index in [1.54, 1.807) is 4.90 Å². The zero-order chi connectivity index (χ0) is 13.7. The molecule has 1 fully saturated rings. The van der Waals surface area contributed by atoms with Gasteiger partial charge in [0, 0.05) is 13.1 Å². The number of halogens is 2. The minimum Gasteiger partial charge on any atom is -0.484 e. The van der Waals surface area contributed by atoms with Gasteiger partial charge in [-0.05, 0) is 50.2 Å². The van der Waals surface area contributed by atoms with E-state index in [9.17, 15) is 9.18 Å². The van der Waals surface area contributed by atoms with Crippen LogP contribution in [0.1, 0.15) is 12.8 Å². The molecule has 0 aromatic heterocycles. The summed E-state index contributed by atoms with van der Waals surface area (Å²) in [4.78, 5) is 13.7. The summed E-state index contributed by atoms with van der Waals surface area (Å²) in [5.74, 6) is 0.148. The van der Waals surface area contributed by atoms with Crippen LogP contribution in [0.3, 0.4) is 0 Å². The van der Waals surface area contributed by atoms with Gasteiger partial charge in [-0.15, -0.1) is 12.4 Å². The molecule has 1 amide bonds. The molecule has 1 aliphatic heterocycles. The van der Waals surface area contributed by atoms with E-state index in [1.807, 2.05) is 7.05 Å². The van der Waals surface area contributed by atoms with Crippen LogP contribution < -0.4 is 10.1 Å². The molecule has 1 N–H and O–H groups in total. The Hall–Kier alpha value is -1.33. The number of benzene rings is 1. The molecule has 1 aliphatic rings. The first-order valence-electron chi connectivity index (χ1n) is 6.51. The number of rotatable bonds is 4. The average molecular weight is 303 g/mol. The van der Waals surface area contributed by atoms with Crippen LogP contribution in [0.25, 0.3) is 0 Å². The number of hydrogen-bond donors (Lipinski definition) is 1. The maximum absolute atomic E-state index is 12.7. The summed E-state index contributed by atoms with van der Waals surface area (Å²) in [6.45, 7) is 1.88. The fourth-order valence-electron chi connectivity index (χ4n) is 2.18. The van der Waals surface area contributed by atoms with E-state index in [0.717, 1.165) is 25.9 Å². The van der Waals surface area contributed by atoms with Crippen molar-refractivity contribution < 1.29 is 13.9 Å². The van der Waals surface area contributed by atoms with Gasteiger partial charge in [-0.25, -0.2) is 4.39 Å². The predicted octanol–water partition coefficient (Wildman–Crippen LogP) is 1.84. The van der Waals surface area contributed by atoms with E-state index >= 15 is 0 Å². The van der Waals surface area contributed by atoms with Crippen LogP contribution in [0.5, 0.6) is 5.75 Å². The molecule has 0 spiro atoms. The van der Waals surface area contributed by atoms with E-state index in [1.165, 1.54) is 24.3 Å². The fourth-order valence-corrected chi connectivity index (χ4v) is 2.18. The number of nitrogens with zero attached hydrogens (tertiary/aromatic N) is 1. The molecule has 112 valence electrons. The van der Waals surface area contributed by atoms with Crippen LogP contribution in [-0.2, 0) is 4.79 Å². The first kappa shape index (κ1) is 16.7. The van der Waals surface area contributed by atoms with Crippen LogP contribution in [0.4, 0.5) is 4.39 Å². The second kappa shape index (κ2) is 8.07. The van der Waals surface area contributed by atoms with E-state index in [0.29, 0.717) is 5.75 Å². The second-order valence-corrected chi connectivity index (χ2v) is 4.73. The topological polar surface area (TPSA) is 41.6 Å². The van der Waals surface area contributed by atoms with Gasteiger partial charge in [0.05, 0.1) is 0 Å². The molecule has 1 heterocycles. The van der Waals surface area contributed by atoms with Gasteiger partial charge in [0.15, 0.2) is 6.61 Å². The molecule has 1 aromatic rings. The molecule has 20 heavy (non-hydrogen) atoms.